The molecule has 0 bridgehead atoms. The van der Waals surface area contributed by atoms with Crippen molar-refractivity contribution in [2.75, 3.05) is 12.4 Å². The SMILES string of the molecule is COC(C)(C)C(=O)Nc1ccc(CC(C)C(=O)O)cc1. The Kier molecular flexibility index (Phi) is 5.27. The van der Waals surface area contributed by atoms with Crippen LogP contribution < -0.4 is 5.32 Å². The summed E-state index contributed by atoms with van der Waals surface area (Å²) in [7, 11) is 1.48. The lowest BCUT2D eigenvalue weighted by atomic mass is 10.0. The highest BCUT2D eigenvalue weighted by Gasteiger charge is 2.26. The molecule has 0 spiro atoms. The first-order valence-corrected chi connectivity index (χ1v) is 6.44. The van der Waals surface area contributed by atoms with Crippen LogP contribution in [0.1, 0.15) is 26.3 Å². The maximum Gasteiger partial charge on any atom is 0.306 e. The van der Waals surface area contributed by atoms with E-state index in [1.165, 1.54) is 7.11 Å². The number of hydrogen-bond donors (Lipinski definition) is 2. The van der Waals surface area contributed by atoms with E-state index in [1.807, 2.05) is 12.1 Å². The van der Waals surface area contributed by atoms with E-state index in [0.717, 1.165) is 5.56 Å². The minimum Gasteiger partial charge on any atom is -0.481 e. The second-order valence-electron chi connectivity index (χ2n) is 5.31. The average molecular weight is 279 g/mol. The van der Waals surface area contributed by atoms with E-state index in [2.05, 4.69) is 5.32 Å². The molecule has 1 rings (SSSR count). The number of benzene rings is 1. The highest BCUT2D eigenvalue weighted by atomic mass is 16.5. The van der Waals surface area contributed by atoms with Crippen LogP contribution in [-0.4, -0.2) is 29.7 Å². The van der Waals surface area contributed by atoms with Crippen LogP contribution in [0.5, 0.6) is 0 Å². The molecule has 0 aliphatic carbocycles. The maximum atomic E-state index is 11.9. The zero-order chi connectivity index (χ0) is 15.3. The van der Waals surface area contributed by atoms with Crippen molar-refractivity contribution in [2.24, 2.45) is 5.92 Å². The molecule has 1 atom stereocenters. The largest absolute Gasteiger partial charge is 0.481 e. The van der Waals surface area contributed by atoms with Gasteiger partial charge in [-0.25, -0.2) is 0 Å². The van der Waals surface area contributed by atoms with Gasteiger partial charge in [-0.15, -0.1) is 0 Å². The van der Waals surface area contributed by atoms with Crippen molar-refractivity contribution in [3.8, 4) is 0 Å². The average Bonchev–Trinajstić information content (AvgIpc) is 2.40. The maximum absolute atomic E-state index is 11.9. The molecule has 0 aliphatic heterocycles. The zero-order valence-corrected chi connectivity index (χ0v) is 12.3. The molecule has 5 nitrogen and oxygen atoms in total. The van der Waals surface area contributed by atoms with Crippen molar-refractivity contribution in [2.45, 2.75) is 32.8 Å². The summed E-state index contributed by atoms with van der Waals surface area (Å²) >= 11 is 0. The lowest BCUT2D eigenvalue weighted by molar-refractivity contribution is -0.141. The van der Waals surface area contributed by atoms with Crippen LogP contribution in [-0.2, 0) is 20.7 Å². The topological polar surface area (TPSA) is 75.6 Å². The summed E-state index contributed by atoms with van der Waals surface area (Å²) in [5.74, 6) is -1.47. The Morgan fingerprint density at radius 3 is 2.30 bits per heavy atom. The molecule has 0 heterocycles. The number of methoxy groups -OCH3 is 1. The van der Waals surface area contributed by atoms with Crippen LogP contribution >= 0.6 is 0 Å². The van der Waals surface area contributed by atoms with Gasteiger partial charge in [-0.05, 0) is 38.0 Å². The summed E-state index contributed by atoms with van der Waals surface area (Å²) in [6, 6.07) is 7.14. The van der Waals surface area contributed by atoms with Crippen molar-refractivity contribution < 1.29 is 19.4 Å². The first kappa shape index (κ1) is 16.2. The highest BCUT2D eigenvalue weighted by Crippen LogP contribution is 2.16. The molecule has 1 aromatic carbocycles. The molecular formula is C15H21NO4. The van der Waals surface area contributed by atoms with Crippen LogP contribution in [0, 0.1) is 5.92 Å². The van der Waals surface area contributed by atoms with Gasteiger partial charge in [0.15, 0.2) is 0 Å². The third-order valence-corrected chi connectivity index (χ3v) is 3.23. The molecule has 1 aromatic rings. The van der Waals surface area contributed by atoms with E-state index < -0.39 is 17.5 Å². The Morgan fingerprint density at radius 2 is 1.85 bits per heavy atom. The van der Waals surface area contributed by atoms with Crippen molar-refractivity contribution in [3.05, 3.63) is 29.8 Å². The van der Waals surface area contributed by atoms with Crippen LogP contribution in [0.4, 0.5) is 5.69 Å². The van der Waals surface area contributed by atoms with E-state index in [0.29, 0.717) is 12.1 Å². The minimum absolute atomic E-state index is 0.230. The molecule has 1 amide bonds. The predicted molar refractivity (Wildman–Crippen MR) is 76.7 cm³/mol. The molecule has 5 heteroatoms. The summed E-state index contributed by atoms with van der Waals surface area (Å²) in [6.45, 7) is 5.04. The summed E-state index contributed by atoms with van der Waals surface area (Å²) in [5.41, 5.74) is 0.687. The third-order valence-electron chi connectivity index (χ3n) is 3.23. The molecule has 2 N–H and O–H groups in total. The number of carboxylic acids is 1. The van der Waals surface area contributed by atoms with Crippen molar-refractivity contribution >= 4 is 17.6 Å². The van der Waals surface area contributed by atoms with Gasteiger partial charge in [-0.1, -0.05) is 19.1 Å². The second-order valence-corrected chi connectivity index (χ2v) is 5.31. The lowest BCUT2D eigenvalue weighted by Crippen LogP contribution is -2.38. The van der Waals surface area contributed by atoms with Gasteiger partial charge in [0.2, 0.25) is 0 Å². The normalized spacial score (nSPS) is 12.8. The van der Waals surface area contributed by atoms with Crippen LogP contribution in [0.25, 0.3) is 0 Å². The quantitative estimate of drug-likeness (QED) is 0.838. The Labute approximate surface area is 118 Å². The summed E-state index contributed by atoms with van der Waals surface area (Å²) < 4.78 is 5.10. The van der Waals surface area contributed by atoms with Gasteiger partial charge in [-0.2, -0.15) is 0 Å². The number of carbonyl (C=O) groups excluding carboxylic acids is 1. The lowest BCUT2D eigenvalue weighted by Gasteiger charge is -2.21. The van der Waals surface area contributed by atoms with Crippen molar-refractivity contribution in [3.63, 3.8) is 0 Å². The fourth-order valence-electron chi connectivity index (χ4n) is 1.54. The summed E-state index contributed by atoms with van der Waals surface area (Å²) in [5, 5.41) is 11.6. The van der Waals surface area contributed by atoms with Gasteiger partial charge in [0.25, 0.3) is 5.91 Å². The number of ether oxygens (including phenoxy) is 1. The Morgan fingerprint density at radius 1 is 1.30 bits per heavy atom. The molecule has 1 unspecified atom stereocenters. The zero-order valence-electron chi connectivity index (χ0n) is 12.3. The predicted octanol–water partition coefficient (Wildman–Crippen LogP) is 2.31. The Hall–Kier alpha value is -1.88. The standard InChI is InChI=1S/C15H21NO4/c1-10(13(17)18)9-11-5-7-12(8-6-11)16-14(19)15(2,3)20-4/h5-8,10H,9H2,1-4H3,(H,16,19)(H,17,18). The summed E-state index contributed by atoms with van der Waals surface area (Å²) in [4.78, 5) is 22.7. The number of carboxylic acid groups (broad SMARTS) is 1. The molecular weight excluding hydrogens is 258 g/mol. The smallest absolute Gasteiger partial charge is 0.306 e. The third kappa shape index (κ3) is 4.35. The van der Waals surface area contributed by atoms with Crippen LogP contribution in [0.15, 0.2) is 24.3 Å². The number of carbonyl (C=O) groups is 2. The molecule has 0 saturated carbocycles. The van der Waals surface area contributed by atoms with Gasteiger partial charge >= 0.3 is 5.97 Å². The van der Waals surface area contributed by atoms with Gasteiger partial charge in [0, 0.05) is 12.8 Å². The van der Waals surface area contributed by atoms with E-state index in [1.54, 1.807) is 32.9 Å². The fraction of sp³-hybridized carbons (Fsp3) is 0.467. The molecule has 20 heavy (non-hydrogen) atoms. The Bertz CT molecular complexity index is 479. The van der Waals surface area contributed by atoms with Gasteiger partial charge < -0.3 is 15.2 Å². The number of aliphatic carboxylic acids is 1. The summed E-state index contributed by atoms with van der Waals surface area (Å²) in [6.07, 6.45) is 0.465. The number of anilines is 1. The second kappa shape index (κ2) is 6.52. The number of amides is 1. The minimum atomic E-state index is -0.892. The Balaban J connectivity index is 2.68. The van der Waals surface area contributed by atoms with Crippen LogP contribution in [0.3, 0.4) is 0 Å². The van der Waals surface area contributed by atoms with E-state index in [-0.39, 0.29) is 5.91 Å². The van der Waals surface area contributed by atoms with Gasteiger partial charge in [0.05, 0.1) is 5.92 Å². The van der Waals surface area contributed by atoms with E-state index in [4.69, 9.17) is 9.84 Å². The number of hydrogen-bond acceptors (Lipinski definition) is 3. The van der Waals surface area contributed by atoms with Crippen molar-refractivity contribution in [1.29, 1.82) is 0 Å². The fourth-order valence-corrected chi connectivity index (χ4v) is 1.54. The van der Waals surface area contributed by atoms with Gasteiger partial charge in [-0.3, -0.25) is 9.59 Å². The molecule has 0 aliphatic rings. The van der Waals surface area contributed by atoms with Crippen molar-refractivity contribution in [1.82, 2.24) is 0 Å². The van der Waals surface area contributed by atoms with E-state index in [9.17, 15) is 9.59 Å². The first-order valence-electron chi connectivity index (χ1n) is 6.44. The van der Waals surface area contributed by atoms with Gasteiger partial charge in [0.1, 0.15) is 5.60 Å². The monoisotopic (exact) mass is 279 g/mol. The highest BCUT2D eigenvalue weighted by molar-refractivity contribution is 5.96. The molecule has 110 valence electrons. The number of rotatable bonds is 6. The number of nitrogens with one attached hydrogen (secondary N) is 1. The first-order chi connectivity index (χ1) is 9.26. The molecule has 0 saturated heterocycles. The molecule has 0 radical (unpaired) electrons. The molecule has 0 aromatic heterocycles. The van der Waals surface area contributed by atoms with E-state index >= 15 is 0 Å². The van der Waals surface area contributed by atoms with Crippen LogP contribution in [0.2, 0.25) is 0 Å². The molecule has 0 fully saturated rings.